The van der Waals surface area contributed by atoms with Gasteiger partial charge in [-0.1, -0.05) is 20.8 Å². The standard InChI is InChI=1S/C14H20OS2/c1-14(2,3)7-4-5-10(15)12-9-13-11(17-12)6-8-16-13/h6,8-10,15H,4-5,7H2,1-3H3. The van der Waals surface area contributed by atoms with Crippen molar-refractivity contribution in [3.8, 4) is 0 Å². The summed E-state index contributed by atoms with van der Waals surface area (Å²) in [6, 6.07) is 4.28. The number of hydrogen-bond donors (Lipinski definition) is 1. The minimum Gasteiger partial charge on any atom is -0.388 e. The first-order valence-corrected chi connectivity index (χ1v) is 7.80. The summed E-state index contributed by atoms with van der Waals surface area (Å²) in [7, 11) is 0. The smallest absolute Gasteiger partial charge is 0.0882 e. The first-order valence-electron chi connectivity index (χ1n) is 6.11. The Kier molecular flexibility index (Phi) is 3.91. The Bertz CT molecular complexity index is 447. The quantitative estimate of drug-likeness (QED) is 0.806. The Balaban J connectivity index is 1.92. The molecule has 1 N–H and O–H groups in total. The van der Waals surface area contributed by atoms with Gasteiger partial charge in [-0.3, -0.25) is 0 Å². The van der Waals surface area contributed by atoms with Crippen molar-refractivity contribution in [2.24, 2.45) is 5.41 Å². The molecule has 1 atom stereocenters. The average molecular weight is 268 g/mol. The molecule has 2 heterocycles. The van der Waals surface area contributed by atoms with E-state index in [9.17, 15) is 5.11 Å². The number of thiophene rings is 2. The van der Waals surface area contributed by atoms with E-state index >= 15 is 0 Å². The van der Waals surface area contributed by atoms with Crippen LogP contribution < -0.4 is 0 Å². The molecule has 2 rings (SSSR count). The lowest BCUT2D eigenvalue weighted by Crippen LogP contribution is -2.05. The predicted octanol–water partition coefficient (Wildman–Crippen LogP) is 5.21. The predicted molar refractivity (Wildman–Crippen MR) is 78.0 cm³/mol. The largest absolute Gasteiger partial charge is 0.388 e. The van der Waals surface area contributed by atoms with Crippen LogP contribution in [-0.4, -0.2) is 5.11 Å². The highest BCUT2D eigenvalue weighted by atomic mass is 32.1. The van der Waals surface area contributed by atoms with Crippen LogP contribution in [0.1, 0.15) is 51.0 Å². The van der Waals surface area contributed by atoms with Crippen molar-refractivity contribution in [3.05, 3.63) is 22.4 Å². The van der Waals surface area contributed by atoms with Gasteiger partial charge in [-0.15, -0.1) is 22.7 Å². The van der Waals surface area contributed by atoms with Crippen LogP contribution in [0.4, 0.5) is 0 Å². The maximum Gasteiger partial charge on any atom is 0.0882 e. The van der Waals surface area contributed by atoms with Gasteiger partial charge in [0.15, 0.2) is 0 Å². The third-order valence-electron chi connectivity index (χ3n) is 2.89. The maximum absolute atomic E-state index is 10.2. The molecule has 0 spiro atoms. The van der Waals surface area contributed by atoms with E-state index in [1.54, 1.807) is 22.7 Å². The van der Waals surface area contributed by atoms with E-state index in [0.29, 0.717) is 5.41 Å². The molecular formula is C14H20OS2. The summed E-state index contributed by atoms with van der Waals surface area (Å²) in [6.45, 7) is 6.75. The van der Waals surface area contributed by atoms with Crippen molar-refractivity contribution in [1.29, 1.82) is 0 Å². The van der Waals surface area contributed by atoms with Crippen LogP contribution in [0.25, 0.3) is 9.40 Å². The maximum atomic E-state index is 10.2. The van der Waals surface area contributed by atoms with E-state index in [0.717, 1.165) is 17.7 Å². The first kappa shape index (κ1) is 13.1. The third-order valence-corrected chi connectivity index (χ3v) is 5.09. The van der Waals surface area contributed by atoms with Crippen molar-refractivity contribution in [3.63, 3.8) is 0 Å². The zero-order valence-electron chi connectivity index (χ0n) is 10.7. The Morgan fingerprint density at radius 1 is 1.29 bits per heavy atom. The molecule has 0 aliphatic carbocycles. The number of aliphatic hydroxyl groups excluding tert-OH is 1. The summed E-state index contributed by atoms with van der Waals surface area (Å²) in [5, 5.41) is 12.3. The zero-order valence-corrected chi connectivity index (χ0v) is 12.3. The molecule has 0 aliphatic heterocycles. The summed E-state index contributed by atoms with van der Waals surface area (Å²) in [6.07, 6.45) is 2.87. The second-order valence-corrected chi connectivity index (χ2v) is 7.83. The van der Waals surface area contributed by atoms with Crippen LogP contribution in [0, 0.1) is 5.41 Å². The van der Waals surface area contributed by atoms with Gasteiger partial charge in [0.25, 0.3) is 0 Å². The lowest BCUT2D eigenvalue weighted by Gasteiger charge is -2.18. The summed E-state index contributed by atoms with van der Waals surface area (Å²) in [5.41, 5.74) is 0.371. The van der Waals surface area contributed by atoms with E-state index in [4.69, 9.17) is 0 Å². The lowest BCUT2D eigenvalue weighted by atomic mass is 9.89. The third kappa shape index (κ3) is 3.54. The minimum atomic E-state index is -0.276. The first-order chi connectivity index (χ1) is 7.96. The molecule has 0 aromatic carbocycles. The topological polar surface area (TPSA) is 20.2 Å². The van der Waals surface area contributed by atoms with Gasteiger partial charge in [-0.2, -0.15) is 0 Å². The Morgan fingerprint density at radius 3 is 2.71 bits per heavy atom. The van der Waals surface area contributed by atoms with Gasteiger partial charge in [0.2, 0.25) is 0 Å². The second-order valence-electron chi connectivity index (χ2n) is 5.77. The molecule has 94 valence electrons. The molecule has 0 bridgehead atoms. The molecule has 2 aromatic heterocycles. The summed E-state index contributed by atoms with van der Waals surface area (Å²) >= 11 is 3.48. The molecule has 17 heavy (non-hydrogen) atoms. The van der Waals surface area contributed by atoms with Gasteiger partial charge in [-0.25, -0.2) is 0 Å². The fraction of sp³-hybridized carbons (Fsp3) is 0.571. The molecule has 0 fully saturated rings. The molecule has 3 heteroatoms. The SMILES string of the molecule is CC(C)(C)CCCC(O)c1cc2sccc2s1. The zero-order chi connectivity index (χ0) is 12.5. The van der Waals surface area contributed by atoms with Crippen molar-refractivity contribution in [2.45, 2.75) is 46.1 Å². The number of fused-ring (bicyclic) bond motifs is 1. The monoisotopic (exact) mass is 268 g/mol. The normalized spacial score (nSPS) is 14.4. The van der Waals surface area contributed by atoms with Crippen LogP contribution in [0.2, 0.25) is 0 Å². The molecule has 0 saturated heterocycles. The van der Waals surface area contributed by atoms with Gasteiger partial charge in [0.05, 0.1) is 6.10 Å². The van der Waals surface area contributed by atoms with Crippen LogP contribution in [0.15, 0.2) is 17.5 Å². The summed E-state index contributed by atoms with van der Waals surface area (Å²) in [5.74, 6) is 0. The average Bonchev–Trinajstić information content (AvgIpc) is 2.73. The highest BCUT2D eigenvalue weighted by molar-refractivity contribution is 7.26. The fourth-order valence-corrected chi connectivity index (χ4v) is 4.06. The number of rotatable bonds is 4. The highest BCUT2D eigenvalue weighted by Crippen LogP contribution is 2.35. The molecular weight excluding hydrogens is 248 g/mol. The van der Waals surface area contributed by atoms with Crippen LogP contribution in [-0.2, 0) is 0 Å². The van der Waals surface area contributed by atoms with E-state index in [2.05, 4.69) is 38.3 Å². The molecule has 0 radical (unpaired) electrons. The van der Waals surface area contributed by atoms with Gasteiger partial charge in [0.1, 0.15) is 0 Å². The molecule has 0 saturated carbocycles. The van der Waals surface area contributed by atoms with Crippen LogP contribution in [0.3, 0.4) is 0 Å². The number of aliphatic hydroxyl groups is 1. The van der Waals surface area contributed by atoms with Gasteiger partial charge >= 0.3 is 0 Å². The molecule has 0 amide bonds. The van der Waals surface area contributed by atoms with E-state index in [1.807, 2.05) is 0 Å². The summed E-state index contributed by atoms with van der Waals surface area (Å²) in [4.78, 5) is 1.13. The minimum absolute atomic E-state index is 0.276. The van der Waals surface area contributed by atoms with Gasteiger partial charge < -0.3 is 5.11 Å². The number of hydrogen-bond acceptors (Lipinski definition) is 3. The fourth-order valence-electron chi connectivity index (χ4n) is 1.92. The Morgan fingerprint density at radius 2 is 2.06 bits per heavy atom. The Hall–Kier alpha value is -0.380. The Labute approximate surface area is 111 Å². The summed E-state index contributed by atoms with van der Waals surface area (Å²) < 4.78 is 2.61. The van der Waals surface area contributed by atoms with Gasteiger partial charge in [-0.05, 0) is 42.2 Å². The molecule has 1 nitrogen and oxygen atoms in total. The van der Waals surface area contributed by atoms with Crippen molar-refractivity contribution in [1.82, 2.24) is 0 Å². The lowest BCUT2D eigenvalue weighted by molar-refractivity contribution is 0.161. The molecule has 1 unspecified atom stereocenters. The van der Waals surface area contributed by atoms with E-state index in [1.165, 1.54) is 15.8 Å². The second kappa shape index (κ2) is 5.09. The van der Waals surface area contributed by atoms with Crippen molar-refractivity contribution in [2.75, 3.05) is 0 Å². The van der Waals surface area contributed by atoms with Gasteiger partial charge in [0, 0.05) is 14.3 Å². The van der Waals surface area contributed by atoms with E-state index < -0.39 is 0 Å². The van der Waals surface area contributed by atoms with Crippen LogP contribution in [0.5, 0.6) is 0 Å². The van der Waals surface area contributed by atoms with Crippen LogP contribution >= 0.6 is 22.7 Å². The highest BCUT2D eigenvalue weighted by Gasteiger charge is 2.14. The van der Waals surface area contributed by atoms with Crippen molar-refractivity contribution >= 4 is 32.1 Å². The van der Waals surface area contributed by atoms with E-state index in [-0.39, 0.29) is 6.10 Å². The van der Waals surface area contributed by atoms with Crippen molar-refractivity contribution < 1.29 is 5.11 Å². The molecule has 0 aliphatic rings. The molecule has 2 aromatic rings.